The third-order valence-corrected chi connectivity index (χ3v) is 4.02. The van der Waals surface area contributed by atoms with Crippen molar-refractivity contribution in [3.63, 3.8) is 0 Å². The number of carbonyl (C=O) groups excluding carboxylic acids is 1. The summed E-state index contributed by atoms with van der Waals surface area (Å²) >= 11 is 6.27. The summed E-state index contributed by atoms with van der Waals surface area (Å²) in [6.07, 6.45) is -1.07. The Kier molecular flexibility index (Phi) is 6.26. The molecule has 132 valence electrons. The zero-order chi connectivity index (χ0) is 18.4. The van der Waals surface area contributed by atoms with Gasteiger partial charge in [0.25, 0.3) is 0 Å². The van der Waals surface area contributed by atoms with Crippen molar-refractivity contribution in [2.24, 2.45) is 0 Å². The molecule has 1 atom stereocenters. The van der Waals surface area contributed by atoms with E-state index in [1.165, 1.54) is 17.0 Å². The van der Waals surface area contributed by atoms with Crippen LogP contribution < -0.4 is 4.90 Å². The highest BCUT2D eigenvalue weighted by Crippen LogP contribution is 2.33. The second kappa shape index (κ2) is 8.21. The maximum absolute atomic E-state index is 13.0. The molecular formula is C19H17ClF3NO. The minimum absolute atomic E-state index is 0.132. The van der Waals surface area contributed by atoms with Gasteiger partial charge in [0.1, 0.15) is 5.38 Å². The van der Waals surface area contributed by atoms with Crippen LogP contribution >= 0.6 is 11.6 Å². The van der Waals surface area contributed by atoms with Crippen molar-refractivity contribution in [1.82, 2.24) is 0 Å². The SMILES string of the molecule is CC=CCN(C(=O)C(Cl)c1ccccc1)c1cccc(C(F)(F)F)c1. The average molecular weight is 368 g/mol. The summed E-state index contributed by atoms with van der Waals surface area (Å²) in [6.45, 7) is 1.90. The molecule has 0 spiro atoms. The number of amides is 1. The molecule has 2 aromatic carbocycles. The number of allylic oxidation sites excluding steroid dienone is 1. The number of carbonyl (C=O) groups is 1. The van der Waals surface area contributed by atoms with Crippen molar-refractivity contribution >= 4 is 23.2 Å². The molecule has 0 aliphatic rings. The molecular weight excluding hydrogens is 351 g/mol. The number of hydrogen-bond acceptors (Lipinski definition) is 1. The molecule has 1 unspecified atom stereocenters. The van der Waals surface area contributed by atoms with E-state index in [9.17, 15) is 18.0 Å². The van der Waals surface area contributed by atoms with Crippen LogP contribution in [0.1, 0.15) is 23.4 Å². The van der Waals surface area contributed by atoms with Gasteiger partial charge in [-0.1, -0.05) is 48.6 Å². The molecule has 1 amide bonds. The molecule has 0 saturated heterocycles. The van der Waals surface area contributed by atoms with Crippen LogP contribution in [0.5, 0.6) is 0 Å². The first kappa shape index (κ1) is 19.1. The molecule has 0 heterocycles. The van der Waals surface area contributed by atoms with Crippen molar-refractivity contribution < 1.29 is 18.0 Å². The first-order valence-electron chi connectivity index (χ1n) is 7.63. The van der Waals surface area contributed by atoms with Crippen molar-refractivity contribution in [1.29, 1.82) is 0 Å². The van der Waals surface area contributed by atoms with E-state index >= 15 is 0 Å². The van der Waals surface area contributed by atoms with Gasteiger partial charge in [-0.05, 0) is 30.7 Å². The Morgan fingerprint density at radius 3 is 2.44 bits per heavy atom. The van der Waals surface area contributed by atoms with Crippen LogP contribution in [0.15, 0.2) is 66.7 Å². The molecule has 2 rings (SSSR count). The third-order valence-electron chi connectivity index (χ3n) is 3.58. The normalized spacial score (nSPS) is 13.0. The van der Waals surface area contributed by atoms with E-state index < -0.39 is 23.0 Å². The van der Waals surface area contributed by atoms with E-state index in [1.807, 2.05) is 0 Å². The smallest absolute Gasteiger partial charge is 0.307 e. The fourth-order valence-corrected chi connectivity index (χ4v) is 2.55. The quantitative estimate of drug-likeness (QED) is 0.498. The van der Waals surface area contributed by atoms with Crippen molar-refractivity contribution in [3.8, 4) is 0 Å². The number of hydrogen-bond donors (Lipinski definition) is 0. The van der Waals surface area contributed by atoms with E-state index in [0.29, 0.717) is 5.56 Å². The fraction of sp³-hybridized carbons (Fsp3) is 0.211. The Hall–Kier alpha value is -2.27. The van der Waals surface area contributed by atoms with Gasteiger partial charge in [0.2, 0.25) is 5.91 Å². The molecule has 6 heteroatoms. The second-order valence-electron chi connectivity index (χ2n) is 5.34. The van der Waals surface area contributed by atoms with Crippen LogP contribution in [0.4, 0.5) is 18.9 Å². The summed E-state index contributed by atoms with van der Waals surface area (Å²) in [5.41, 5.74) is -0.0692. The molecule has 0 radical (unpaired) electrons. The predicted octanol–water partition coefficient (Wildman–Crippen LogP) is 5.59. The van der Waals surface area contributed by atoms with Crippen LogP contribution in [0.3, 0.4) is 0 Å². The summed E-state index contributed by atoms with van der Waals surface area (Å²) in [7, 11) is 0. The van der Waals surface area contributed by atoms with Crippen LogP contribution in [0.25, 0.3) is 0 Å². The standard InChI is InChI=1S/C19H17ClF3NO/c1-2-3-12-24(16-11-7-10-15(13-16)19(21,22)23)18(25)17(20)14-8-5-4-6-9-14/h2-11,13,17H,12H2,1H3. The Balaban J connectivity index is 2.37. The largest absolute Gasteiger partial charge is 0.416 e. The van der Waals surface area contributed by atoms with Gasteiger partial charge in [-0.25, -0.2) is 0 Å². The molecule has 2 nitrogen and oxygen atoms in total. The van der Waals surface area contributed by atoms with Crippen LogP contribution in [-0.4, -0.2) is 12.5 Å². The molecule has 2 aromatic rings. The van der Waals surface area contributed by atoms with E-state index in [0.717, 1.165) is 12.1 Å². The van der Waals surface area contributed by atoms with Gasteiger partial charge in [-0.3, -0.25) is 4.79 Å². The number of benzene rings is 2. The topological polar surface area (TPSA) is 20.3 Å². The van der Waals surface area contributed by atoms with Gasteiger partial charge >= 0.3 is 6.18 Å². The minimum Gasteiger partial charge on any atom is -0.307 e. The Morgan fingerprint density at radius 2 is 1.84 bits per heavy atom. The monoisotopic (exact) mass is 367 g/mol. The summed E-state index contributed by atoms with van der Waals surface area (Å²) in [6, 6.07) is 13.4. The van der Waals surface area contributed by atoms with E-state index in [4.69, 9.17) is 11.6 Å². The number of nitrogens with zero attached hydrogens (tertiary/aromatic N) is 1. The zero-order valence-corrected chi connectivity index (χ0v) is 14.3. The van der Waals surface area contributed by atoms with Gasteiger partial charge in [0.05, 0.1) is 5.56 Å². The second-order valence-corrected chi connectivity index (χ2v) is 5.78. The number of halogens is 4. The van der Waals surface area contributed by atoms with E-state index in [2.05, 4.69) is 0 Å². The third kappa shape index (κ3) is 4.86. The highest BCUT2D eigenvalue weighted by atomic mass is 35.5. The molecule has 0 fully saturated rings. The summed E-state index contributed by atoms with van der Waals surface area (Å²) in [5.74, 6) is -0.481. The summed E-state index contributed by atoms with van der Waals surface area (Å²) in [5, 5.41) is -0.985. The van der Waals surface area contributed by atoms with Crippen LogP contribution in [-0.2, 0) is 11.0 Å². The van der Waals surface area contributed by atoms with Gasteiger partial charge in [-0.15, -0.1) is 11.6 Å². The highest BCUT2D eigenvalue weighted by molar-refractivity contribution is 6.32. The van der Waals surface area contributed by atoms with Crippen molar-refractivity contribution in [2.45, 2.75) is 18.5 Å². The lowest BCUT2D eigenvalue weighted by Crippen LogP contribution is -2.34. The predicted molar refractivity (Wildman–Crippen MR) is 93.6 cm³/mol. The fourth-order valence-electron chi connectivity index (χ4n) is 2.28. The van der Waals surface area contributed by atoms with Gasteiger partial charge in [0, 0.05) is 12.2 Å². The zero-order valence-electron chi connectivity index (χ0n) is 13.5. The number of alkyl halides is 4. The van der Waals surface area contributed by atoms with Crippen LogP contribution in [0, 0.1) is 0 Å². The molecule has 0 bridgehead atoms. The average Bonchev–Trinajstić information content (AvgIpc) is 2.61. The highest BCUT2D eigenvalue weighted by Gasteiger charge is 2.32. The molecule has 0 aliphatic carbocycles. The number of rotatable bonds is 5. The molecule has 0 aromatic heterocycles. The summed E-state index contributed by atoms with van der Waals surface area (Å²) < 4.78 is 38.9. The molecule has 0 saturated carbocycles. The minimum atomic E-state index is -4.48. The Bertz CT molecular complexity index is 744. The first-order valence-corrected chi connectivity index (χ1v) is 8.07. The van der Waals surface area contributed by atoms with Gasteiger partial charge in [0.15, 0.2) is 0 Å². The van der Waals surface area contributed by atoms with Gasteiger partial charge in [-0.2, -0.15) is 13.2 Å². The molecule has 0 N–H and O–H groups in total. The lowest BCUT2D eigenvalue weighted by Gasteiger charge is -2.25. The van der Waals surface area contributed by atoms with Crippen LogP contribution in [0.2, 0.25) is 0 Å². The van der Waals surface area contributed by atoms with E-state index in [1.54, 1.807) is 49.4 Å². The summed E-state index contributed by atoms with van der Waals surface area (Å²) in [4.78, 5) is 14.0. The maximum atomic E-state index is 13.0. The Labute approximate surface area is 149 Å². The van der Waals surface area contributed by atoms with Gasteiger partial charge < -0.3 is 4.90 Å². The maximum Gasteiger partial charge on any atom is 0.416 e. The van der Waals surface area contributed by atoms with Crippen molar-refractivity contribution in [3.05, 3.63) is 77.9 Å². The molecule has 0 aliphatic heterocycles. The number of anilines is 1. The lowest BCUT2D eigenvalue weighted by atomic mass is 10.1. The first-order chi connectivity index (χ1) is 11.8. The van der Waals surface area contributed by atoms with E-state index in [-0.39, 0.29) is 12.2 Å². The molecule has 25 heavy (non-hydrogen) atoms. The Morgan fingerprint density at radius 1 is 1.16 bits per heavy atom. The van der Waals surface area contributed by atoms with Crippen molar-refractivity contribution in [2.75, 3.05) is 11.4 Å². The lowest BCUT2D eigenvalue weighted by molar-refractivity contribution is -0.137.